The second kappa shape index (κ2) is 17.8. The summed E-state index contributed by atoms with van der Waals surface area (Å²) < 4.78 is 0. The van der Waals surface area contributed by atoms with Crippen LogP contribution >= 0.6 is 11.8 Å². The molecule has 2 fully saturated rings. The van der Waals surface area contributed by atoms with E-state index in [1.165, 1.54) is 12.8 Å². The highest BCUT2D eigenvalue weighted by Crippen LogP contribution is 2.39. The quantitative estimate of drug-likeness (QED) is 0.181. The molecule has 9 nitrogen and oxygen atoms in total. The van der Waals surface area contributed by atoms with Crippen LogP contribution in [0.5, 0.6) is 0 Å². The number of nitrogens with zero attached hydrogens (tertiary/aromatic N) is 1. The molecule has 1 heterocycles. The number of benzene rings is 2. The minimum atomic E-state index is -0.936. The zero-order chi connectivity index (χ0) is 35.6. The van der Waals surface area contributed by atoms with Crippen LogP contribution in [0.4, 0.5) is 0 Å². The molecule has 1 aliphatic carbocycles. The van der Waals surface area contributed by atoms with Gasteiger partial charge in [0.15, 0.2) is 0 Å². The molecule has 2 aromatic carbocycles. The van der Waals surface area contributed by atoms with Gasteiger partial charge in [0.05, 0.1) is 24.7 Å². The SMILES string of the molecule is CC(C)(C)NC(=O)[C@@H]1C[C@@H]2CCCC[C@@H]2CN1C[C@@H](O)[C@H](CSc1ccccc1)NC(=O)[C@@H](NC(=O)CNCc1ccccc1)C(C)(C)C. The van der Waals surface area contributed by atoms with Crippen molar-refractivity contribution < 1.29 is 19.5 Å². The van der Waals surface area contributed by atoms with Gasteiger partial charge in [-0.1, -0.05) is 88.6 Å². The summed E-state index contributed by atoms with van der Waals surface area (Å²) in [6, 6.07) is 18.0. The van der Waals surface area contributed by atoms with Crippen LogP contribution in [-0.2, 0) is 20.9 Å². The topological polar surface area (TPSA) is 123 Å². The minimum absolute atomic E-state index is 0.000600. The molecule has 3 amide bonds. The lowest BCUT2D eigenvalue weighted by atomic mass is 9.72. The number of nitrogens with one attached hydrogen (secondary N) is 4. The second-order valence-electron chi connectivity index (χ2n) is 16.0. The van der Waals surface area contributed by atoms with Crippen molar-refractivity contribution in [2.75, 3.05) is 25.4 Å². The zero-order valence-corrected chi connectivity index (χ0v) is 31.2. The summed E-state index contributed by atoms with van der Waals surface area (Å²) in [6.07, 6.45) is 4.54. The summed E-state index contributed by atoms with van der Waals surface area (Å²) >= 11 is 1.57. The van der Waals surface area contributed by atoms with E-state index in [0.717, 1.165) is 36.3 Å². The normalized spacial score (nSPS) is 21.9. The summed E-state index contributed by atoms with van der Waals surface area (Å²) in [7, 11) is 0. The number of carbonyl (C=O) groups excluding carboxylic acids is 3. The maximum atomic E-state index is 14.0. The van der Waals surface area contributed by atoms with Crippen LogP contribution in [0.1, 0.15) is 79.2 Å². The van der Waals surface area contributed by atoms with Gasteiger partial charge in [0.25, 0.3) is 0 Å². The van der Waals surface area contributed by atoms with Gasteiger partial charge < -0.3 is 26.4 Å². The van der Waals surface area contributed by atoms with Crippen molar-refractivity contribution in [2.24, 2.45) is 17.3 Å². The number of aliphatic hydroxyl groups is 1. The van der Waals surface area contributed by atoms with Gasteiger partial charge in [0.2, 0.25) is 17.7 Å². The van der Waals surface area contributed by atoms with E-state index >= 15 is 0 Å². The first-order valence-electron chi connectivity index (χ1n) is 18.0. The van der Waals surface area contributed by atoms with E-state index in [-0.39, 0.29) is 42.4 Å². The molecular formula is C39H59N5O4S. The van der Waals surface area contributed by atoms with E-state index in [2.05, 4.69) is 26.2 Å². The summed E-state index contributed by atoms with van der Waals surface area (Å²) in [5.74, 6) is 0.834. The van der Waals surface area contributed by atoms with E-state index in [9.17, 15) is 19.5 Å². The number of β-amino-alcohol motifs (C(OH)–C–C–N with tert-alkyl or cyclic N) is 1. The fourth-order valence-corrected chi connectivity index (χ4v) is 8.04. The van der Waals surface area contributed by atoms with E-state index in [4.69, 9.17) is 0 Å². The Labute approximate surface area is 298 Å². The van der Waals surface area contributed by atoms with Gasteiger partial charge in [-0.05, 0) is 68.6 Å². The molecule has 2 aliphatic rings. The largest absolute Gasteiger partial charge is 0.390 e. The molecular weight excluding hydrogens is 635 g/mol. The predicted molar refractivity (Wildman–Crippen MR) is 198 cm³/mol. The van der Waals surface area contributed by atoms with Gasteiger partial charge >= 0.3 is 0 Å². The van der Waals surface area contributed by atoms with Gasteiger partial charge in [-0.15, -0.1) is 11.8 Å². The molecule has 49 heavy (non-hydrogen) atoms. The number of aliphatic hydroxyl groups excluding tert-OH is 1. The standard InChI is InChI=1S/C39H59N5O4S/c1-38(2,3)35(42-34(46)23-40-22-27-15-9-7-10-16-27)37(48)41-31(26-49-30-19-11-8-12-20-30)33(45)25-44-24-29-18-14-13-17-28(29)21-32(44)36(47)43-39(4,5)6/h7-12,15-16,19-20,28-29,31-33,35,40,45H,13-14,17-18,21-26H2,1-6H3,(H,41,48)(H,42,46)(H,43,47)/t28-,29+,31-,32-,33+,35+/m0/s1. The van der Waals surface area contributed by atoms with Crippen LogP contribution in [0.2, 0.25) is 0 Å². The van der Waals surface area contributed by atoms with Crippen molar-refractivity contribution in [1.82, 2.24) is 26.2 Å². The summed E-state index contributed by atoms with van der Waals surface area (Å²) in [5, 5.41) is 24.3. The number of rotatable bonds is 14. The van der Waals surface area contributed by atoms with Crippen molar-refractivity contribution >= 4 is 29.5 Å². The number of hydrogen-bond acceptors (Lipinski definition) is 7. The molecule has 4 rings (SSSR count). The number of amides is 3. The summed E-state index contributed by atoms with van der Waals surface area (Å²) in [5.41, 5.74) is 0.121. The number of piperidine rings is 1. The van der Waals surface area contributed by atoms with Crippen molar-refractivity contribution in [3.8, 4) is 0 Å². The molecule has 0 spiro atoms. The molecule has 1 saturated heterocycles. The Balaban J connectivity index is 1.48. The van der Waals surface area contributed by atoms with Crippen LogP contribution in [0, 0.1) is 17.3 Å². The molecule has 2 aromatic rings. The third-order valence-electron chi connectivity index (χ3n) is 9.58. The van der Waals surface area contributed by atoms with Gasteiger partial charge in [-0.2, -0.15) is 0 Å². The van der Waals surface area contributed by atoms with E-state index in [1.54, 1.807) is 11.8 Å². The molecule has 0 radical (unpaired) electrons. The first-order chi connectivity index (χ1) is 23.2. The van der Waals surface area contributed by atoms with E-state index < -0.39 is 23.6 Å². The highest BCUT2D eigenvalue weighted by atomic mass is 32.2. The monoisotopic (exact) mass is 693 g/mol. The van der Waals surface area contributed by atoms with E-state index in [0.29, 0.717) is 24.1 Å². The molecule has 1 aliphatic heterocycles. The number of thioether (sulfide) groups is 1. The average Bonchev–Trinajstić information content (AvgIpc) is 3.04. The number of fused-ring (bicyclic) bond motifs is 1. The first kappa shape index (κ1) is 38.9. The Bertz CT molecular complexity index is 1350. The van der Waals surface area contributed by atoms with Crippen molar-refractivity contribution in [2.45, 2.75) is 115 Å². The summed E-state index contributed by atoms with van der Waals surface area (Å²) in [4.78, 5) is 43.9. The fourth-order valence-electron chi connectivity index (χ4n) is 7.02. The molecule has 0 aromatic heterocycles. The molecule has 270 valence electrons. The van der Waals surface area contributed by atoms with Gasteiger partial charge in [-0.3, -0.25) is 19.3 Å². The summed E-state index contributed by atoms with van der Waals surface area (Å²) in [6.45, 7) is 13.4. The Kier molecular flexibility index (Phi) is 14.1. The third-order valence-corrected chi connectivity index (χ3v) is 10.7. The van der Waals surface area contributed by atoms with Crippen molar-refractivity contribution in [1.29, 1.82) is 0 Å². The van der Waals surface area contributed by atoms with Crippen molar-refractivity contribution in [3.63, 3.8) is 0 Å². The predicted octanol–water partition coefficient (Wildman–Crippen LogP) is 4.74. The first-order valence-corrected chi connectivity index (χ1v) is 18.9. The van der Waals surface area contributed by atoms with Crippen LogP contribution in [0.25, 0.3) is 0 Å². The molecule has 0 unspecified atom stereocenters. The highest BCUT2D eigenvalue weighted by molar-refractivity contribution is 7.99. The third kappa shape index (κ3) is 12.4. The Morgan fingerprint density at radius 1 is 0.898 bits per heavy atom. The lowest BCUT2D eigenvalue weighted by molar-refractivity contribution is -0.134. The lowest BCUT2D eigenvalue weighted by Crippen LogP contribution is -2.62. The van der Waals surface area contributed by atoms with Crippen LogP contribution < -0.4 is 21.3 Å². The second-order valence-corrected chi connectivity index (χ2v) is 17.1. The number of likely N-dealkylation sites (tertiary alicyclic amines) is 1. The number of hydrogen-bond donors (Lipinski definition) is 5. The van der Waals surface area contributed by atoms with Gasteiger partial charge in [-0.25, -0.2) is 0 Å². The Morgan fingerprint density at radius 3 is 2.16 bits per heavy atom. The minimum Gasteiger partial charge on any atom is -0.390 e. The van der Waals surface area contributed by atoms with Gasteiger partial charge in [0, 0.05) is 35.8 Å². The molecule has 6 atom stereocenters. The van der Waals surface area contributed by atoms with E-state index in [1.807, 2.05) is 102 Å². The molecule has 0 bridgehead atoms. The molecule has 1 saturated carbocycles. The number of carbonyl (C=O) groups is 3. The Morgan fingerprint density at radius 2 is 1.53 bits per heavy atom. The molecule has 10 heteroatoms. The molecule has 5 N–H and O–H groups in total. The maximum absolute atomic E-state index is 14.0. The van der Waals surface area contributed by atoms with Crippen LogP contribution in [-0.4, -0.2) is 82.9 Å². The average molecular weight is 694 g/mol. The van der Waals surface area contributed by atoms with Crippen LogP contribution in [0.3, 0.4) is 0 Å². The smallest absolute Gasteiger partial charge is 0.243 e. The fraction of sp³-hybridized carbons (Fsp3) is 0.615. The van der Waals surface area contributed by atoms with Crippen molar-refractivity contribution in [3.05, 3.63) is 66.2 Å². The Hall–Kier alpha value is -2.92. The lowest BCUT2D eigenvalue weighted by Gasteiger charge is -2.47. The maximum Gasteiger partial charge on any atom is 0.243 e. The van der Waals surface area contributed by atoms with Crippen LogP contribution in [0.15, 0.2) is 65.6 Å². The highest BCUT2D eigenvalue weighted by Gasteiger charge is 2.42. The van der Waals surface area contributed by atoms with Gasteiger partial charge in [0.1, 0.15) is 6.04 Å². The zero-order valence-electron chi connectivity index (χ0n) is 30.3.